The number of nitrogens with one attached hydrogen (secondary N) is 1. The van der Waals surface area contributed by atoms with E-state index in [1.165, 1.54) is 0 Å². The zero-order chi connectivity index (χ0) is 11.8. The molecule has 0 bridgehead atoms. The predicted molar refractivity (Wildman–Crippen MR) is 62.4 cm³/mol. The molecule has 4 nitrogen and oxygen atoms in total. The molecule has 0 atom stereocenters. The van der Waals surface area contributed by atoms with Crippen molar-refractivity contribution in [1.82, 2.24) is 5.32 Å². The van der Waals surface area contributed by atoms with Crippen LogP contribution in [0.3, 0.4) is 0 Å². The van der Waals surface area contributed by atoms with Gasteiger partial charge in [-0.1, -0.05) is 6.92 Å². The number of rotatable bonds is 6. The summed E-state index contributed by atoms with van der Waals surface area (Å²) < 4.78 is 5.49. The maximum atomic E-state index is 10.7. The Kier molecular flexibility index (Phi) is 6.11. The second kappa shape index (κ2) is 7.41. The van der Waals surface area contributed by atoms with E-state index < -0.39 is 5.97 Å². The topological polar surface area (TPSA) is 58.6 Å². The largest absolute Gasteiger partial charge is 0.478 e. The number of carbonyl (C=O) groups is 1. The van der Waals surface area contributed by atoms with Gasteiger partial charge in [-0.3, -0.25) is 0 Å². The highest BCUT2D eigenvalue weighted by molar-refractivity contribution is 5.86. The highest BCUT2D eigenvalue weighted by Gasteiger charge is 2.12. The van der Waals surface area contributed by atoms with Crippen LogP contribution in [0.15, 0.2) is 11.6 Å². The minimum Gasteiger partial charge on any atom is -0.478 e. The molecule has 16 heavy (non-hydrogen) atoms. The second-order valence-electron chi connectivity index (χ2n) is 4.12. The Bertz CT molecular complexity index is 245. The number of hydrogen-bond donors (Lipinski definition) is 2. The lowest BCUT2D eigenvalue weighted by Gasteiger charge is -2.21. The molecule has 0 saturated carbocycles. The second-order valence-corrected chi connectivity index (χ2v) is 4.12. The summed E-state index contributed by atoms with van der Waals surface area (Å²) in [4.78, 5) is 10.7. The molecule has 0 radical (unpaired) electrons. The molecule has 1 rings (SSSR count). The molecule has 0 aromatic carbocycles. The van der Waals surface area contributed by atoms with Crippen molar-refractivity contribution < 1.29 is 14.6 Å². The van der Waals surface area contributed by atoms with Gasteiger partial charge in [-0.2, -0.15) is 0 Å². The molecule has 1 aliphatic rings. The average molecular weight is 227 g/mol. The lowest BCUT2D eigenvalue weighted by Crippen LogP contribution is -2.30. The van der Waals surface area contributed by atoms with Gasteiger partial charge in [0.05, 0.1) is 6.61 Å². The number of aliphatic carboxylic acids is 1. The molecule has 92 valence electrons. The van der Waals surface area contributed by atoms with Crippen molar-refractivity contribution in [3.8, 4) is 0 Å². The molecule has 1 saturated heterocycles. The fourth-order valence-electron chi connectivity index (χ4n) is 1.83. The highest BCUT2D eigenvalue weighted by atomic mass is 16.5. The number of ether oxygens (including phenoxy) is 1. The number of carboxylic acids is 1. The van der Waals surface area contributed by atoms with Crippen molar-refractivity contribution in [1.29, 1.82) is 0 Å². The van der Waals surface area contributed by atoms with E-state index in [1.807, 2.05) is 6.92 Å². The zero-order valence-corrected chi connectivity index (χ0v) is 9.87. The van der Waals surface area contributed by atoms with Gasteiger partial charge in [0.1, 0.15) is 0 Å². The molecule has 2 N–H and O–H groups in total. The van der Waals surface area contributed by atoms with Gasteiger partial charge in [0.2, 0.25) is 0 Å². The molecule has 0 aromatic rings. The van der Waals surface area contributed by atoms with Crippen molar-refractivity contribution in [2.75, 3.05) is 26.3 Å². The summed E-state index contributed by atoms with van der Waals surface area (Å²) in [5, 5.41) is 12.1. The highest BCUT2D eigenvalue weighted by Crippen LogP contribution is 2.11. The predicted octanol–water partition coefficient (Wildman–Crippen LogP) is 1.42. The molecule has 0 aromatic heterocycles. The average Bonchev–Trinajstić information content (AvgIpc) is 2.30. The Morgan fingerprint density at radius 1 is 1.50 bits per heavy atom. The normalized spacial score (nSPS) is 18.7. The van der Waals surface area contributed by atoms with Gasteiger partial charge >= 0.3 is 5.97 Å². The molecule has 0 spiro atoms. The molecule has 0 unspecified atom stereocenters. The van der Waals surface area contributed by atoms with Crippen LogP contribution in [0.1, 0.15) is 26.2 Å². The first-order valence-corrected chi connectivity index (χ1v) is 5.94. The molecular formula is C12H21NO3. The maximum absolute atomic E-state index is 10.7. The van der Waals surface area contributed by atoms with E-state index >= 15 is 0 Å². The van der Waals surface area contributed by atoms with E-state index in [4.69, 9.17) is 9.84 Å². The van der Waals surface area contributed by atoms with E-state index in [0.29, 0.717) is 24.5 Å². The van der Waals surface area contributed by atoms with Gasteiger partial charge in [0.15, 0.2) is 0 Å². The number of carboxylic acid groups (broad SMARTS) is 1. The van der Waals surface area contributed by atoms with Crippen LogP contribution < -0.4 is 5.32 Å². The van der Waals surface area contributed by atoms with Gasteiger partial charge in [-0.25, -0.2) is 4.79 Å². The molecule has 1 aliphatic heterocycles. The van der Waals surface area contributed by atoms with Crippen molar-refractivity contribution >= 4 is 5.97 Å². The van der Waals surface area contributed by atoms with Gasteiger partial charge in [-0.05, 0) is 44.3 Å². The van der Waals surface area contributed by atoms with Gasteiger partial charge in [0, 0.05) is 12.2 Å². The van der Waals surface area contributed by atoms with E-state index in [-0.39, 0.29) is 0 Å². The summed E-state index contributed by atoms with van der Waals surface area (Å²) >= 11 is 0. The smallest absolute Gasteiger partial charge is 0.331 e. The first-order chi connectivity index (χ1) is 7.74. The SMILES string of the molecule is CCC(=CCOCC1CCNCC1)C(=O)O. The van der Waals surface area contributed by atoms with E-state index in [1.54, 1.807) is 6.08 Å². The van der Waals surface area contributed by atoms with Crippen LogP contribution in [0, 0.1) is 5.92 Å². The van der Waals surface area contributed by atoms with Crippen LogP contribution >= 0.6 is 0 Å². The molecular weight excluding hydrogens is 206 g/mol. The maximum Gasteiger partial charge on any atom is 0.331 e. The summed E-state index contributed by atoms with van der Waals surface area (Å²) in [7, 11) is 0. The quantitative estimate of drug-likeness (QED) is 0.532. The van der Waals surface area contributed by atoms with Crippen molar-refractivity contribution in [2.45, 2.75) is 26.2 Å². The van der Waals surface area contributed by atoms with Gasteiger partial charge in [-0.15, -0.1) is 0 Å². The first kappa shape index (κ1) is 13.2. The lowest BCUT2D eigenvalue weighted by atomic mass is 9.99. The van der Waals surface area contributed by atoms with Crippen LogP contribution in [0.5, 0.6) is 0 Å². The van der Waals surface area contributed by atoms with E-state index in [0.717, 1.165) is 32.5 Å². The monoisotopic (exact) mass is 227 g/mol. The van der Waals surface area contributed by atoms with Crippen molar-refractivity contribution in [3.05, 3.63) is 11.6 Å². The third-order valence-corrected chi connectivity index (χ3v) is 2.92. The molecule has 0 amide bonds. The Labute approximate surface area is 96.7 Å². The minimum absolute atomic E-state index is 0.416. The van der Waals surface area contributed by atoms with Crippen molar-refractivity contribution in [2.24, 2.45) is 5.92 Å². The summed E-state index contributed by atoms with van der Waals surface area (Å²) in [6.45, 7) is 5.14. The van der Waals surface area contributed by atoms with Gasteiger partial charge in [0.25, 0.3) is 0 Å². The van der Waals surface area contributed by atoms with Gasteiger partial charge < -0.3 is 15.2 Å². The third-order valence-electron chi connectivity index (χ3n) is 2.92. The number of hydrogen-bond acceptors (Lipinski definition) is 3. The summed E-state index contributed by atoms with van der Waals surface area (Å²) in [5.41, 5.74) is 0.435. The fourth-order valence-corrected chi connectivity index (χ4v) is 1.83. The Balaban J connectivity index is 2.16. The van der Waals surface area contributed by atoms with Crippen molar-refractivity contribution in [3.63, 3.8) is 0 Å². The molecule has 4 heteroatoms. The van der Waals surface area contributed by atoms with Crippen LogP contribution in [0.2, 0.25) is 0 Å². The van der Waals surface area contributed by atoms with Crippen LogP contribution in [-0.4, -0.2) is 37.4 Å². The summed E-state index contributed by atoms with van der Waals surface area (Å²) in [6, 6.07) is 0. The van der Waals surface area contributed by atoms with Crippen LogP contribution in [0.25, 0.3) is 0 Å². The molecule has 0 aliphatic carbocycles. The summed E-state index contributed by atoms with van der Waals surface area (Å²) in [5.74, 6) is -0.211. The standard InChI is InChI=1S/C12H21NO3/c1-2-11(12(14)15)5-8-16-9-10-3-6-13-7-4-10/h5,10,13H,2-4,6-9H2,1H3,(H,14,15). The van der Waals surface area contributed by atoms with E-state index in [2.05, 4.69) is 5.32 Å². The Hall–Kier alpha value is -0.870. The van der Waals surface area contributed by atoms with Crippen LogP contribution in [-0.2, 0) is 9.53 Å². The third kappa shape index (κ3) is 4.77. The first-order valence-electron chi connectivity index (χ1n) is 5.94. The zero-order valence-electron chi connectivity index (χ0n) is 9.87. The summed E-state index contributed by atoms with van der Waals surface area (Å²) in [6.07, 6.45) is 4.53. The molecule has 1 heterocycles. The van der Waals surface area contributed by atoms with E-state index in [9.17, 15) is 4.79 Å². The minimum atomic E-state index is -0.840. The Morgan fingerprint density at radius 2 is 2.19 bits per heavy atom. The lowest BCUT2D eigenvalue weighted by molar-refractivity contribution is -0.132. The number of piperidine rings is 1. The van der Waals surface area contributed by atoms with Crippen LogP contribution in [0.4, 0.5) is 0 Å². The molecule has 1 fully saturated rings. The Morgan fingerprint density at radius 3 is 2.75 bits per heavy atom. The fraction of sp³-hybridized carbons (Fsp3) is 0.750.